The lowest BCUT2D eigenvalue weighted by atomic mass is 11.3. The van der Waals surface area contributed by atoms with Gasteiger partial charge in [-0.2, -0.15) is 4.21 Å². The summed E-state index contributed by atoms with van der Waals surface area (Å²) < 4.78 is 12.0. The van der Waals surface area contributed by atoms with Crippen molar-refractivity contribution in [3.05, 3.63) is 0 Å². The van der Waals surface area contributed by atoms with E-state index in [1.54, 1.807) is 0 Å². The zero-order valence-corrected chi connectivity index (χ0v) is 5.29. The fourth-order valence-corrected chi connectivity index (χ4v) is 0.214. The molecule has 0 aromatic heterocycles. The van der Waals surface area contributed by atoms with E-state index in [9.17, 15) is 13.8 Å². The Balaban J connectivity index is 3.60. The van der Waals surface area contributed by atoms with E-state index in [4.69, 9.17) is 0 Å². The minimum absolute atomic E-state index is 0.370. The van der Waals surface area contributed by atoms with E-state index in [0.29, 0.717) is 0 Å². The van der Waals surface area contributed by atoms with Gasteiger partial charge in [-0.25, -0.2) is 19.4 Å². The first kappa shape index (κ1) is 8.56. The Hall–Kier alpha value is -1.44. The monoisotopic (exact) mass is 166 g/mol. The number of hydrogen-bond donors (Lipinski definition) is 1. The van der Waals surface area contributed by atoms with Crippen molar-refractivity contribution in [2.24, 2.45) is 10.1 Å². The van der Waals surface area contributed by atoms with Gasteiger partial charge in [0.05, 0.1) is 0 Å². The molecule has 2 amide bonds. The maximum Gasteiger partial charge on any atom is 0.489 e. The molecule has 0 radical (unpaired) electrons. The quantitative estimate of drug-likeness (QED) is 0.386. The summed E-state index contributed by atoms with van der Waals surface area (Å²) in [6, 6.07) is 0. The van der Waals surface area contributed by atoms with E-state index in [0.717, 1.165) is 0 Å². The predicted octanol–water partition coefficient (Wildman–Crippen LogP) is -0.470. The second-order valence-corrected chi connectivity index (χ2v) is 1.25. The summed E-state index contributed by atoms with van der Waals surface area (Å²) in [6.07, 6.45) is -2.61. The Morgan fingerprint density at radius 3 is 2.40 bits per heavy atom. The Morgan fingerprint density at radius 1 is 1.40 bits per heavy atom. The number of rotatable bonds is 0. The molecule has 2 N–H and O–H groups in total. The van der Waals surface area contributed by atoms with Crippen molar-refractivity contribution < 1.29 is 23.6 Å². The van der Waals surface area contributed by atoms with Gasteiger partial charge in [-0.15, -0.1) is 0 Å². The number of hydrogen-bond acceptors (Lipinski definition) is 5. The normalized spacial score (nSPS) is 7.60. The first-order chi connectivity index (χ1) is 4.66. The number of nitrogens with two attached hydrogens (primary N) is 1. The molecule has 0 atom stereocenters. The Labute approximate surface area is 58.3 Å². The second-order valence-electron chi connectivity index (χ2n) is 0.917. The Bertz CT molecular complexity index is 196. The van der Waals surface area contributed by atoms with Crippen molar-refractivity contribution in [2.75, 3.05) is 0 Å². The van der Waals surface area contributed by atoms with E-state index in [1.165, 1.54) is 0 Å². The summed E-state index contributed by atoms with van der Waals surface area (Å²) in [5.74, 6) is 0. The zero-order chi connectivity index (χ0) is 7.98. The third-order valence-corrected chi connectivity index (χ3v) is 0.530. The molecule has 8 heteroatoms. The van der Waals surface area contributed by atoms with Crippen LogP contribution < -0.4 is 5.73 Å². The maximum absolute atomic E-state index is 10.0. The fourth-order valence-electron chi connectivity index (χ4n) is 0.122. The molecule has 0 saturated carbocycles. The molecule has 0 saturated heterocycles. The van der Waals surface area contributed by atoms with Crippen LogP contribution in [-0.4, -0.2) is 16.4 Å². The van der Waals surface area contributed by atoms with Gasteiger partial charge in [0, 0.05) is 0 Å². The molecule has 10 heavy (non-hydrogen) atoms. The van der Waals surface area contributed by atoms with E-state index in [2.05, 4.69) is 19.9 Å². The minimum atomic E-state index is -1.32. The van der Waals surface area contributed by atoms with Gasteiger partial charge in [0.1, 0.15) is 0 Å². The van der Waals surface area contributed by atoms with Gasteiger partial charge in [0.15, 0.2) is 0 Å². The molecule has 0 aliphatic heterocycles. The van der Waals surface area contributed by atoms with E-state index < -0.39 is 12.2 Å². The fraction of sp³-hybridized carbons (Fsp3) is 0. The number of amides is 2. The number of carbonyl (C=O) groups is 2. The van der Waals surface area contributed by atoms with Crippen LogP contribution in [-0.2, 0) is 21.2 Å². The molecule has 56 valence electrons. The summed E-state index contributed by atoms with van der Waals surface area (Å²) in [4.78, 5) is 26.8. The highest BCUT2D eigenvalue weighted by atomic mass is 32.1. The van der Waals surface area contributed by atoms with Crippen LogP contribution >= 0.6 is 0 Å². The van der Waals surface area contributed by atoms with E-state index in [1.807, 2.05) is 0 Å². The van der Waals surface area contributed by atoms with Crippen LogP contribution in [0, 0.1) is 0 Å². The second kappa shape index (κ2) is 4.44. The largest absolute Gasteiger partial charge is 0.489 e. The molecule has 0 spiro atoms. The third-order valence-electron chi connectivity index (χ3n) is 0.307. The van der Waals surface area contributed by atoms with Gasteiger partial charge in [0.25, 0.3) is 0 Å². The molecule has 0 aliphatic carbocycles. The van der Waals surface area contributed by atoms with Gasteiger partial charge in [-0.05, 0) is 0 Å². The van der Waals surface area contributed by atoms with Crippen molar-refractivity contribution >= 4 is 23.6 Å². The molecule has 7 nitrogen and oxygen atoms in total. The van der Waals surface area contributed by atoms with Crippen molar-refractivity contribution in [3.63, 3.8) is 0 Å². The molecule has 0 bridgehead atoms. The smallest absolute Gasteiger partial charge is 0.332 e. The van der Waals surface area contributed by atoms with Crippen molar-refractivity contribution in [1.82, 2.24) is 0 Å². The van der Waals surface area contributed by atoms with Crippen LogP contribution in [0.15, 0.2) is 4.36 Å². The average molecular weight is 166 g/mol. The first-order valence-electron chi connectivity index (χ1n) is 1.84. The van der Waals surface area contributed by atoms with Crippen LogP contribution in [0.25, 0.3) is 0 Å². The minimum Gasteiger partial charge on any atom is -0.332 e. The highest BCUT2D eigenvalue weighted by Crippen LogP contribution is 1.83. The van der Waals surface area contributed by atoms with Crippen molar-refractivity contribution in [3.8, 4) is 0 Å². The summed E-state index contributed by atoms with van der Waals surface area (Å²) in [5.41, 5.74) is 4.37. The van der Waals surface area contributed by atoms with Gasteiger partial charge in [-0.3, -0.25) is 0 Å². The molecule has 0 aromatic carbocycles. The number of carbonyl (C=O) groups excluding carboxylic acids is 2. The molecule has 0 fully saturated rings. The zero-order valence-electron chi connectivity index (χ0n) is 4.47. The lowest BCUT2D eigenvalue weighted by Gasteiger charge is -1.91. The first-order valence-corrected chi connectivity index (χ1v) is 2.54. The highest BCUT2D eigenvalue weighted by Gasteiger charge is 2.02. The molecular formula is C2H2N2O5S. The highest BCUT2D eigenvalue weighted by molar-refractivity contribution is 7.55. The lowest BCUT2D eigenvalue weighted by Crippen LogP contribution is -2.14. The van der Waals surface area contributed by atoms with Gasteiger partial charge < -0.3 is 5.73 Å². The standard InChI is InChI=1S/C2H2N2O5S/c3-1(5)8-9-2(6)4-10-7/h(H2,3,5). The summed E-state index contributed by atoms with van der Waals surface area (Å²) in [6.45, 7) is 0. The van der Waals surface area contributed by atoms with Gasteiger partial charge >= 0.3 is 12.2 Å². The van der Waals surface area contributed by atoms with E-state index >= 15 is 0 Å². The topological polar surface area (TPSA) is 108 Å². The van der Waals surface area contributed by atoms with Gasteiger partial charge in [0.2, 0.25) is 11.5 Å². The average Bonchev–Trinajstić information content (AvgIpc) is 1.85. The SMILES string of the molecule is NC(=O)OOC(=O)N=S=O. The molecule has 0 aliphatic rings. The van der Waals surface area contributed by atoms with E-state index in [-0.39, 0.29) is 11.5 Å². The Kier molecular flexibility index (Phi) is 3.80. The van der Waals surface area contributed by atoms with Gasteiger partial charge in [-0.1, -0.05) is 4.36 Å². The number of primary amides is 1. The number of nitrogens with zero attached hydrogens (tertiary/aromatic N) is 1. The summed E-state index contributed by atoms with van der Waals surface area (Å²) in [7, 11) is 0. The van der Waals surface area contributed by atoms with Crippen LogP contribution in [0.5, 0.6) is 0 Å². The summed E-state index contributed by atoms with van der Waals surface area (Å²) in [5, 5.41) is 0. The molecule has 0 rings (SSSR count). The Morgan fingerprint density at radius 2 is 2.00 bits per heavy atom. The van der Waals surface area contributed by atoms with Crippen molar-refractivity contribution in [1.29, 1.82) is 0 Å². The van der Waals surface area contributed by atoms with Crippen LogP contribution in [0.1, 0.15) is 0 Å². The van der Waals surface area contributed by atoms with Crippen LogP contribution in [0.3, 0.4) is 0 Å². The lowest BCUT2D eigenvalue weighted by molar-refractivity contribution is -0.172. The molecule has 0 unspecified atom stereocenters. The molecule has 0 aromatic rings. The molecule has 0 heterocycles. The van der Waals surface area contributed by atoms with Crippen LogP contribution in [0.4, 0.5) is 9.59 Å². The maximum atomic E-state index is 10.0. The predicted molar refractivity (Wildman–Crippen MR) is 27.7 cm³/mol. The van der Waals surface area contributed by atoms with Crippen molar-refractivity contribution in [2.45, 2.75) is 0 Å². The van der Waals surface area contributed by atoms with Crippen LogP contribution in [0.2, 0.25) is 0 Å². The molecular weight excluding hydrogens is 164 g/mol. The summed E-state index contributed by atoms with van der Waals surface area (Å²) >= 11 is -0.370. The third kappa shape index (κ3) is 4.71.